The second-order valence-electron chi connectivity index (χ2n) is 27.2. The highest BCUT2D eigenvalue weighted by atomic mass is 16.5. The lowest BCUT2D eigenvalue weighted by atomic mass is 9.90. The molecule has 10 heterocycles. The first-order valence-electron chi connectivity index (χ1n) is 36.9. The first-order valence-corrected chi connectivity index (χ1v) is 36.9. The number of aryl methyl sites for hydroxylation is 1. The van der Waals surface area contributed by atoms with E-state index in [1.807, 2.05) is 123 Å². The molecule has 0 saturated carbocycles. The van der Waals surface area contributed by atoms with E-state index in [1.54, 1.807) is 62.9 Å². The Morgan fingerprint density at radius 1 is 0.504 bits per heavy atom. The summed E-state index contributed by atoms with van der Waals surface area (Å²) in [6.45, 7) is 26.7. The SMILES string of the molecule is NCC1=NCC(=O)c2ccc(-c3cncc(C4CCCOC4)c3)cc21.[C-]#[N+]c1c(-c2c(-c3ccc4c(c3)C(CN)=NCC4=O)cnn2C)ccc2c1CCCO2.[C-]#[N+]c1ccccc1-c1c(-c2ccc3c(c2)C(CN)=NCC3=O)cnn1CCO.[C-]#[N+]c1ccccc1-n1c(-c2ccc3c(c2)C(CN)=NCC3=O)cnc1CO. The van der Waals surface area contributed by atoms with Crippen LogP contribution in [0.2, 0.25) is 0 Å². The van der Waals surface area contributed by atoms with Crippen LogP contribution in [0.15, 0.2) is 190 Å². The van der Waals surface area contributed by atoms with Gasteiger partial charge in [0.1, 0.15) is 44.4 Å². The Morgan fingerprint density at radius 3 is 1.59 bits per heavy atom. The minimum atomic E-state index is -0.273. The van der Waals surface area contributed by atoms with Crippen molar-refractivity contribution in [3.8, 4) is 78.6 Å². The molecule has 7 aromatic carbocycles. The van der Waals surface area contributed by atoms with E-state index in [4.69, 9.17) is 52.1 Å². The number of aliphatic hydroxyl groups is 2. The van der Waals surface area contributed by atoms with Gasteiger partial charge >= 0.3 is 0 Å². The van der Waals surface area contributed by atoms with Gasteiger partial charge in [-0.15, -0.1) is 0 Å². The van der Waals surface area contributed by atoms with Crippen molar-refractivity contribution in [2.45, 2.75) is 44.8 Å². The van der Waals surface area contributed by atoms with Crippen molar-refractivity contribution >= 4 is 63.0 Å². The van der Waals surface area contributed by atoms with Gasteiger partial charge < -0.3 is 47.2 Å². The van der Waals surface area contributed by atoms with E-state index >= 15 is 0 Å². The predicted octanol–water partition coefficient (Wildman–Crippen LogP) is 11.4. The maximum Gasteiger partial charge on any atom is 0.210 e. The maximum absolute atomic E-state index is 12.3. The molecule has 1 fully saturated rings. The minimum Gasteiger partial charge on any atom is -0.495 e. The zero-order valence-electron chi connectivity index (χ0n) is 61.9. The molecule has 564 valence electrons. The monoisotopic (exact) mass is 1500 g/mol. The van der Waals surface area contributed by atoms with Gasteiger partial charge in [0.05, 0.1) is 110 Å². The highest BCUT2D eigenvalue weighted by molar-refractivity contribution is 6.19. The zero-order chi connectivity index (χ0) is 78.8. The molecule has 1 unspecified atom stereocenters. The number of fused-ring (bicyclic) bond motifs is 5. The number of ether oxygens (including phenoxy) is 2. The van der Waals surface area contributed by atoms with Gasteiger partial charge in [-0.3, -0.25) is 53.5 Å². The van der Waals surface area contributed by atoms with E-state index in [0.717, 1.165) is 140 Å². The number of aliphatic hydroxyl groups excluding tert-OH is 2. The number of carbonyl (C=O) groups is 4. The molecule has 1 saturated heterocycles. The number of benzene rings is 7. The van der Waals surface area contributed by atoms with Crippen LogP contribution in [0.4, 0.5) is 17.1 Å². The summed E-state index contributed by atoms with van der Waals surface area (Å²) in [7, 11) is 1.87. The van der Waals surface area contributed by atoms with Crippen LogP contribution in [-0.4, -0.2) is 169 Å². The third kappa shape index (κ3) is 15.4. The maximum atomic E-state index is 12.3. The average molecular weight is 1500 g/mol. The lowest BCUT2D eigenvalue weighted by molar-refractivity contribution is 0.0803. The number of carbonyl (C=O) groups excluding carboxylic acids is 4. The largest absolute Gasteiger partial charge is 0.495 e. The number of nitrogens with zero attached hydrogens (tertiary/aromatic N) is 14. The van der Waals surface area contributed by atoms with E-state index in [0.29, 0.717) is 99.1 Å². The summed E-state index contributed by atoms with van der Waals surface area (Å²) in [5.74, 6) is 1.59. The molecular formula is C87H78N18O8. The van der Waals surface area contributed by atoms with Gasteiger partial charge in [0.25, 0.3) is 0 Å². The van der Waals surface area contributed by atoms with Crippen molar-refractivity contribution in [1.82, 2.24) is 34.1 Å². The number of ketones is 4. The second-order valence-corrected chi connectivity index (χ2v) is 27.2. The third-order valence-electron chi connectivity index (χ3n) is 20.6. The zero-order valence-corrected chi connectivity index (χ0v) is 61.9. The first kappa shape index (κ1) is 76.4. The van der Waals surface area contributed by atoms with Crippen molar-refractivity contribution in [2.24, 2.45) is 50.0 Å². The fourth-order valence-electron chi connectivity index (χ4n) is 15.0. The van der Waals surface area contributed by atoms with Gasteiger partial charge in [-0.2, -0.15) is 10.2 Å². The summed E-state index contributed by atoms with van der Waals surface area (Å²) in [6, 6.07) is 43.2. The van der Waals surface area contributed by atoms with Crippen LogP contribution >= 0.6 is 0 Å². The number of aliphatic imine (C=N–C) groups is 4. The Hall–Kier alpha value is -13.3. The molecule has 26 heteroatoms. The third-order valence-corrected chi connectivity index (χ3v) is 20.6. The van der Waals surface area contributed by atoms with Gasteiger partial charge in [0.15, 0.2) is 28.8 Å². The van der Waals surface area contributed by atoms with Crippen LogP contribution in [0, 0.1) is 19.7 Å². The molecule has 0 radical (unpaired) electrons. The lowest BCUT2D eigenvalue weighted by Crippen LogP contribution is -2.25. The summed E-state index contributed by atoms with van der Waals surface area (Å²) in [5, 5.41) is 28.1. The summed E-state index contributed by atoms with van der Waals surface area (Å²) in [6.07, 6.45) is 12.9. The van der Waals surface area contributed by atoms with Crippen molar-refractivity contribution in [1.29, 1.82) is 0 Å². The van der Waals surface area contributed by atoms with E-state index in [9.17, 15) is 29.4 Å². The molecule has 17 rings (SSSR count). The van der Waals surface area contributed by atoms with Crippen molar-refractivity contribution in [3.05, 3.63) is 266 Å². The van der Waals surface area contributed by atoms with Crippen molar-refractivity contribution in [3.63, 3.8) is 0 Å². The normalized spacial score (nSPS) is 15.1. The number of para-hydroxylation sites is 3. The van der Waals surface area contributed by atoms with E-state index in [1.165, 1.54) is 5.56 Å². The average Bonchev–Trinajstić information content (AvgIpc) is 1.71. The predicted molar refractivity (Wildman–Crippen MR) is 433 cm³/mol. The van der Waals surface area contributed by atoms with Gasteiger partial charge in [-0.1, -0.05) is 91.0 Å². The molecule has 11 aromatic rings. The molecule has 0 aliphatic carbocycles. The molecule has 4 aromatic heterocycles. The number of pyridine rings is 1. The molecule has 0 bridgehead atoms. The van der Waals surface area contributed by atoms with Crippen LogP contribution in [0.25, 0.3) is 87.4 Å². The number of hydrogen-bond acceptors (Lipinski definition) is 20. The van der Waals surface area contributed by atoms with Gasteiger partial charge in [0.2, 0.25) is 11.4 Å². The van der Waals surface area contributed by atoms with Crippen LogP contribution in [0.5, 0.6) is 5.75 Å². The molecule has 26 nitrogen and oxygen atoms in total. The molecule has 0 amide bonds. The van der Waals surface area contributed by atoms with Crippen molar-refractivity contribution in [2.75, 3.05) is 78.8 Å². The van der Waals surface area contributed by atoms with Crippen LogP contribution in [-0.2, 0) is 31.4 Å². The molecule has 113 heavy (non-hydrogen) atoms. The Kier molecular flexibility index (Phi) is 23.2. The van der Waals surface area contributed by atoms with E-state index in [-0.39, 0.29) is 82.2 Å². The Morgan fingerprint density at radius 2 is 1.04 bits per heavy atom. The van der Waals surface area contributed by atoms with Gasteiger partial charge in [-0.05, 0) is 96.5 Å². The first-order chi connectivity index (χ1) is 55.2. The minimum absolute atomic E-state index is 0.00450. The fourth-order valence-corrected chi connectivity index (χ4v) is 15.0. The molecule has 10 N–H and O–H groups in total. The Bertz CT molecular complexity index is 5870. The molecule has 1 atom stereocenters. The number of Topliss-reactive ketones (excluding diaryl/α,β-unsaturated/α-hetero) is 4. The highest BCUT2D eigenvalue weighted by Crippen LogP contribution is 2.45. The Balaban J connectivity index is 0.000000125. The Labute approximate surface area is 651 Å². The number of rotatable bonds is 15. The summed E-state index contributed by atoms with van der Waals surface area (Å²) >= 11 is 0. The standard InChI is InChI=1S/C24H21N5O2.C22H19N5O2.C21H17N5O2.C20H21N3O2/c1-26-23-16-4-3-9-31-22(16)8-7-17(23)24-19(12-28-29(24)2)14-5-6-15-18(10-14)20(11-25)27-13-21(15)30;1-24-19-5-3-2-4-16(19)22-18(12-26-27(22)8-9-28)14-6-7-15-17(10-14)20(11-23)25-13-21(15)29;1-23-16-4-2-3-5-18(16)26-19(10-25-21(26)12-27)13-6-7-14-15(8-13)17(9-22)24-11-20(14)28;21-8-19-18-7-13(3-4-17(18)20(24)11-23-19)15-6-16(10-22-9-15)14-2-1-5-25-12-14/h5-8,10,12H,3-4,9,11,13,25H2,2H3;2-7,10,12,28H,8-9,11,13,23H2;2-8,10,27H,9,11-12,22H2;3-4,6-7,9-10,14H,1-2,5,8,11-12,21H2. The quantitative estimate of drug-likeness (QED) is 0.0519. The highest BCUT2D eigenvalue weighted by Gasteiger charge is 2.30. The number of hydrogen-bond donors (Lipinski definition) is 6. The van der Waals surface area contributed by atoms with Crippen LogP contribution in [0.3, 0.4) is 0 Å². The molecule has 6 aliphatic rings. The van der Waals surface area contributed by atoms with Crippen LogP contribution < -0.4 is 27.7 Å². The van der Waals surface area contributed by atoms with Gasteiger partial charge in [-0.25, -0.2) is 19.5 Å². The van der Waals surface area contributed by atoms with Crippen LogP contribution in [0.1, 0.15) is 106 Å². The molecule has 0 spiro atoms. The summed E-state index contributed by atoms with van der Waals surface area (Å²) in [4.78, 5) is 85.8. The van der Waals surface area contributed by atoms with E-state index < -0.39 is 0 Å². The molecular weight excluding hydrogens is 1430 g/mol. The van der Waals surface area contributed by atoms with Crippen molar-refractivity contribution < 1.29 is 38.9 Å². The van der Waals surface area contributed by atoms with Gasteiger partial charge in [0, 0.05) is 142 Å². The fraction of sp³-hybridized carbons (Fsp3) is 0.230. The molecule has 6 aliphatic heterocycles. The number of nitrogens with two attached hydrogens (primary N) is 4. The lowest BCUT2D eigenvalue weighted by Gasteiger charge is -2.22. The number of aromatic nitrogens is 7. The van der Waals surface area contributed by atoms with E-state index in [2.05, 4.69) is 60.7 Å². The summed E-state index contributed by atoms with van der Waals surface area (Å²) < 4.78 is 16.6. The topological polar surface area (TPSA) is 360 Å². The number of imidazole rings is 1. The summed E-state index contributed by atoms with van der Waals surface area (Å²) in [5.41, 5.74) is 46.5. The smallest absolute Gasteiger partial charge is 0.210 e. The second kappa shape index (κ2) is 34.3.